The number of amidine groups is 1. The number of thioether (sulfide) groups is 1. The molecular formula is C23H26FN3O4S. The Labute approximate surface area is 190 Å². The van der Waals surface area contributed by atoms with Crippen molar-refractivity contribution in [3.8, 4) is 0 Å². The van der Waals surface area contributed by atoms with Gasteiger partial charge < -0.3 is 19.7 Å². The number of esters is 1. The minimum atomic E-state index is -0.573. The van der Waals surface area contributed by atoms with Gasteiger partial charge in [0.2, 0.25) is 5.91 Å². The van der Waals surface area contributed by atoms with Crippen LogP contribution in [0.2, 0.25) is 0 Å². The SMILES string of the molecule is COCCOC(=O)C1=C(C)N=C2SC=C(CC(=O)NCC3CC3)N2C1c1ccc(F)cc1. The van der Waals surface area contributed by atoms with E-state index in [1.807, 2.05) is 10.3 Å². The summed E-state index contributed by atoms with van der Waals surface area (Å²) in [5.41, 5.74) is 2.35. The van der Waals surface area contributed by atoms with Crippen molar-refractivity contribution in [2.75, 3.05) is 26.9 Å². The van der Waals surface area contributed by atoms with Gasteiger partial charge in [-0.1, -0.05) is 23.9 Å². The zero-order valence-electron chi connectivity index (χ0n) is 18.1. The van der Waals surface area contributed by atoms with Crippen molar-refractivity contribution in [1.29, 1.82) is 0 Å². The first-order valence-corrected chi connectivity index (χ1v) is 11.5. The van der Waals surface area contributed by atoms with Crippen LogP contribution < -0.4 is 5.32 Å². The summed E-state index contributed by atoms with van der Waals surface area (Å²) in [7, 11) is 1.53. The molecule has 2 aliphatic heterocycles. The highest BCUT2D eigenvalue weighted by atomic mass is 32.2. The van der Waals surface area contributed by atoms with E-state index in [4.69, 9.17) is 9.47 Å². The summed E-state index contributed by atoms with van der Waals surface area (Å²) in [5.74, 6) is -0.358. The lowest BCUT2D eigenvalue weighted by atomic mass is 9.94. The molecule has 0 aromatic heterocycles. The number of carbonyl (C=O) groups is 2. The van der Waals surface area contributed by atoms with Gasteiger partial charge in [0.25, 0.3) is 0 Å². The Morgan fingerprint density at radius 2 is 2.00 bits per heavy atom. The molecule has 9 heteroatoms. The van der Waals surface area contributed by atoms with E-state index in [2.05, 4.69) is 10.3 Å². The van der Waals surface area contributed by atoms with E-state index in [0.717, 1.165) is 18.5 Å². The second-order valence-electron chi connectivity index (χ2n) is 8.00. The Morgan fingerprint density at radius 3 is 2.69 bits per heavy atom. The van der Waals surface area contributed by atoms with E-state index < -0.39 is 12.0 Å². The van der Waals surface area contributed by atoms with Crippen molar-refractivity contribution >= 4 is 28.8 Å². The maximum atomic E-state index is 13.6. The van der Waals surface area contributed by atoms with Crippen LogP contribution in [-0.4, -0.2) is 48.8 Å². The van der Waals surface area contributed by atoms with Crippen LogP contribution in [0.3, 0.4) is 0 Å². The quantitative estimate of drug-likeness (QED) is 0.450. The van der Waals surface area contributed by atoms with Crippen LogP contribution in [0.5, 0.6) is 0 Å². The molecule has 32 heavy (non-hydrogen) atoms. The highest BCUT2D eigenvalue weighted by Gasteiger charge is 2.41. The van der Waals surface area contributed by atoms with E-state index >= 15 is 0 Å². The van der Waals surface area contributed by atoms with Gasteiger partial charge in [0.1, 0.15) is 12.4 Å². The average Bonchev–Trinajstić information content (AvgIpc) is 3.53. The maximum Gasteiger partial charge on any atom is 0.338 e. The molecule has 1 N–H and O–H groups in total. The van der Waals surface area contributed by atoms with Crippen molar-refractivity contribution in [1.82, 2.24) is 10.2 Å². The molecule has 0 bridgehead atoms. The van der Waals surface area contributed by atoms with Gasteiger partial charge in [-0.25, -0.2) is 14.2 Å². The number of halogens is 1. The second kappa shape index (κ2) is 9.87. The fourth-order valence-electron chi connectivity index (χ4n) is 3.69. The first-order valence-electron chi connectivity index (χ1n) is 10.6. The molecule has 0 spiro atoms. The molecule has 0 saturated heterocycles. The summed E-state index contributed by atoms with van der Waals surface area (Å²) in [5, 5.41) is 5.55. The Bertz CT molecular complexity index is 985. The molecule has 1 aliphatic carbocycles. The molecule has 0 radical (unpaired) electrons. The van der Waals surface area contributed by atoms with Crippen LogP contribution in [0.4, 0.5) is 4.39 Å². The third kappa shape index (κ3) is 5.05. The number of rotatable bonds is 9. The average molecular weight is 460 g/mol. The lowest BCUT2D eigenvalue weighted by Crippen LogP contribution is -2.38. The number of aliphatic imine (C=N–C) groups is 1. The molecule has 1 saturated carbocycles. The fourth-order valence-corrected chi connectivity index (χ4v) is 4.66. The minimum absolute atomic E-state index is 0.0710. The van der Waals surface area contributed by atoms with Crippen LogP contribution >= 0.6 is 11.8 Å². The number of ether oxygens (including phenoxy) is 2. The molecule has 7 nitrogen and oxygen atoms in total. The molecular weight excluding hydrogens is 433 g/mol. The first kappa shape index (κ1) is 22.5. The van der Waals surface area contributed by atoms with Gasteiger partial charge >= 0.3 is 5.97 Å². The van der Waals surface area contributed by atoms with Gasteiger partial charge in [-0.3, -0.25) is 4.79 Å². The monoisotopic (exact) mass is 459 g/mol. The fraction of sp³-hybridized carbons (Fsp3) is 0.435. The number of amides is 1. The minimum Gasteiger partial charge on any atom is -0.460 e. The molecule has 1 aromatic carbocycles. The van der Waals surface area contributed by atoms with Gasteiger partial charge in [-0.05, 0) is 48.8 Å². The molecule has 1 aromatic rings. The number of fused-ring (bicyclic) bond motifs is 1. The second-order valence-corrected chi connectivity index (χ2v) is 8.83. The number of benzene rings is 1. The molecule has 3 aliphatic rings. The van der Waals surface area contributed by atoms with E-state index in [1.165, 1.54) is 31.0 Å². The van der Waals surface area contributed by atoms with E-state index in [9.17, 15) is 14.0 Å². The lowest BCUT2D eigenvalue weighted by molar-refractivity contribution is -0.141. The van der Waals surface area contributed by atoms with Crippen LogP contribution in [0.15, 0.2) is 51.6 Å². The summed E-state index contributed by atoms with van der Waals surface area (Å²) >= 11 is 1.41. The van der Waals surface area contributed by atoms with Gasteiger partial charge in [-0.2, -0.15) is 0 Å². The van der Waals surface area contributed by atoms with Crippen molar-refractivity contribution in [3.63, 3.8) is 0 Å². The van der Waals surface area contributed by atoms with Crippen LogP contribution in [0.25, 0.3) is 0 Å². The lowest BCUT2D eigenvalue weighted by Gasteiger charge is -2.36. The van der Waals surface area contributed by atoms with Gasteiger partial charge in [0.15, 0.2) is 5.17 Å². The standard InChI is InChI=1S/C23H26FN3O4S/c1-14-20(22(29)31-10-9-30-2)21(16-5-7-17(24)8-6-16)27-18(13-32-23(27)26-14)11-19(28)25-12-15-3-4-15/h5-8,13,15,21H,3-4,9-12H2,1-2H3,(H,25,28). The topological polar surface area (TPSA) is 80.2 Å². The molecule has 170 valence electrons. The number of methoxy groups -OCH3 is 1. The summed E-state index contributed by atoms with van der Waals surface area (Å²) < 4.78 is 24.0. The highest BCUT2D eigenvalue weighted by Crippen LogP contribution is 2.44. The molecule has 1 unspecified atom stereocenters. The third-order valence-corrected chi connectivity index (χ3v) is 6.44. The Balaban J connectivity index is 1.62. The Kier molecular flexibility index (Phi) is 6.95. The van der Waals surface area contributed by atoms with Crippen LogP contribution in [0, 0.1) is 11.7 Å². The number of carbonyl (C=O) groups excluding carboxylic acids is 2. The molecule has 1 atom stereocenters. The van der Waals surface area contributed by atoms with E-state index in [-0.39, 0.29) is 31.4 Å². The summed E-state index contributed by atoms with van der Waals surface area (Å²) in [6, 6.07) is 5.44. The van der Waals surface area contributed by atoms with Crippen molar-refractivity contribution in [2.24, 2.45) is 10.9 Å². The number of hydrogen-bond acceptors (Lipinski definition) is 7. The Hall–Kier alpha value is -2.65. The van der Waals surface area contributed by atoms with Crippen molar-refractivity contribution in [2.45, 2.75) is 32.2 Å². The zero-order valence-corrected chi connectivity index (χ0v) is 18.9. The summed E-state index contributed by atoms with van der Waals surface area (Å²) in [6.07, 6.45) is 2.49. The van der Waals surface area contributed by atoms with Crippen molar-refractivity contribution in [3.05, 3.63) is 58.0 Å². The predicted molar refractivity (Wildman–Crippen MR) is 120 cm³/mol. The molecule has 1 fully saturated rings. The van der Waals surface area contributed by atoms with Gasteiger partial charge in [0.05, 0.1) is 30.3 Å². The predicted octanol–water partition coefficient (Wildman–Crippen LogP) is 3.51. The van der Waals surface area contributed by atoms with Gasteiger partial charge in [-0.15, -0.1) is 0 Å². The smallest absolute Gasteiger partial charge is 0.338 e. The largest absolute Gasteiger partial charge is 0.460 e. The third-order valence-electron chi connectivity index (χ3n) is 5.55. The maximum absolute atomic E-state index is 13.6. The number of nitrogens with zero attached hydrogens (tertiary/aromatic N) is 2. The number of nitrogens with one attached hydrogen (secondary N) is 1. The first-order chi connectivity index (χ1) is 15.5. The number of hydrogen-bond donors (Lipinski definition) is 1. The van der Waals surface area contributed by atoms with E-state index in [0.29, 0.717) is 34.5 Å². The van der Waals surface area contributed by atoms with Crippen molar-refractivity contribution < 1.29 is 23.5 Å². The summed E-state index contributed by atoms with van der Waals surface area (Å²) in [6.45, 7) is 2.84. The highest BCUT2D eigenvalue weighted by molar-refractivity contribution is 8.16. The Morgan fingerprint density at radius 1 is 1.25 bits per heavy atom. The van der Waals surface area contributed by atoms with Crippen LogP contribution in [0.1, 0.15) is 37.8 Å². The van der Waals surface area contributed by atoms with E-state index in [1.54, 1.807) is 19.1 Å². The van der Waals surface area contributed by atoms with Gasteiger partial charge in [0, 0.05) is 19.4 Å². The molecule has 4 rings (SSSR count). The molecule has 2 heterocycles. The molecule has 1 amide bonds. The normalized spacial score (nSPS) is 20.0. The summed E-state index contributed by atoms with van der Waals surface area (Å²) in [4.78, 5) is 32.1. The zero-order chi connectivity index (χ0) is 22.7. The van der Waals surface area contributed by atoms with Crippen LogP contribution in [-0.2, 0) is 19.1 Å². The number of allylic oxidation sites excluding steroid dienone is 1.